The van der Waals surface area contributed by atoms with Crippen molar-refractivity contribution in [1.82, 2.24) is 0 Å². The molecule has 0 heterocycles. The first-order valence-electron chi connectivity index (χ1n) is 4.81. The second kappa shape index (κ2) is 6.10. The summed E-state index contributed by atoms with van der Waals surface area (Å²) in [4.78, 5) is 11.4. The van der Waals surface area contributed by atoms with E-state index in [1.807, 2.05) is 0 Å². The molecule has 0 aliphatic carbocycles. The average Bonchev–Trinajstić information content (AvgIpc) is 2.15. The molecule has 0 atom stereocenters. The topological polar surface area (TPSA) is 26.3 Å². The number of carbonyl (C=O) groups excluding carboxylic acids is 1. The standard InChI is InChI=1S/C12H15FO2.Zn/c1-12(2,3)11(14)15-8-9-4-6-10(13)7-5-9;/h4-7H,8H2,1-3H3;. The Kier molecular flexibility index (Phi) is 5.81. The van der Waals surface area contributed by atoms with Crippen molar-refractivity contribution in [3.05, 3.63) is 35.6 Å². The number of carbonyl (C=O) groups is 1. The third-order valence-electron chi connectivity index (χ3n) is 1.90. The molecule has 0 unspecified atom stereocenters. The molecular weight excluding hydrogens is 261 g/mol. The molecular formula is C12H15FO2Zn. The maximum atomic E-state index is 12.6. The van der Waals surface area contributed by atoms with E-state index in [9.17, 15) is 9.18 Å². The van der Waals surface area contributed by atoms with Crippen molar-refractivity contribution < 1.29 is 33.4 Å². The van der Waals surface area contributed by atoms with Crippen molar-refractivity contribution >= 4 is 5.97 Å². The molecule has 0 N–H and O–H groups in total. The van der Waals surface area contributed by atoms with E-state index in [1.165, 1.54) is 12.1 Å². The van der Waals surface area contributed by atoms with E-state index in [1.54, 1.807) is 32.9 Å². The Bertz CT molecular complexity index is 341. The minimum atomic E-state index is -0.500. The van der Waals surface area contributed by atoms with Gasteiger partial charge in [0.1, 0.15) is 12.4 Å². The van der Waals surface area contributed by atoms with Crippen LogP contribution in [0.2, 0.25) is 0 Å². The molecule has 0 fully saturated rings. The molecule has 4 heteroatoms. The fraction of sp³-hybridized carbons (Fsp3) is 0.417. The maximum absolute atomic E-state index is 12.6. The van der Waals surface area contributed by atoms with Crippen molar-refractivity contribution in [1.29, 1.82) is 0 Å². The monoisotopic (exact) mass is 274 g/mol. The minimum absolute atomic E-state index is 0. The van der Waals surface area contributed by atoms with E-state index in [-0.39, 0.29) is 37.9 Å². The van der Waals surface area contributed by atoms with E-state index >= 15 is 0 Å². The molecule has 1 aromatic rings. The Hall–Kier alpha value is -0.757. The fourth-order valence-corrected chi connectivity index (χ4v) is 0.946. The number of rotatable bonds is 2. The van der Waals surface area contributed by atoms with Crippen LogP contribution in [0.15, 0.2) is 24.3 Å². The smallest absolute Gasteiger partial charge is 0.311 e. The predicted octanol–water partition coefficient (Wildman–Crippen LogP) is 2.91. The molecule has 0 radical (unpaired) electrons. The first-order chi connectivity index (χ1) is 6.89. The third kappa shape index (κ3) is 4.84. The summed E-state index contributed by atoms with van der Waals surface area (Å²) in [5.74, 6) is -0.548. The second-order valence-corrected chi connectivity index (χ2v) is 4.45. The van der Waals surface area contributed by atoms with E-state index in [0.29, 0.717) is 0 Å². The molecule has 2 nitrogen and oxygen atoms in total. The van der Waals surface area contributed by atoms with Crippen molar-refractivity contribution in [3.63, 3.8) is 0 Å². The van der Waals surface area contributed by atoms with Crippen LogP contribution >= 0.6 is 0 Å². The van der Waals surface area contributed by atoms with Gasteiger partial charge in [0.25, 0.3) is 0 Å². The Morgan fingerprint density at radius 2 is 1.75 bits per heavy atom. The van der Waals surface area contributed by atoms with Gasteiger partial charge in [0.05, 0.1) is 5.41 Å². The van der Waals surface area contributed by atoms with Gasteiger partial charge in [-0.15, -0.1) is 0 Å². The summed E-state index contributed by atoms with van der Waals surface area (Å²) in [6.45, 7) is 5.57. The molecule has 0 amide bonds. The summed E-state index contributed by atoms with van der Waals surface area (Å²) in [6.07, 6.45) is 0. The zero-order valence-electron chi connectivity index (χ0n) is 9.92. The summed E-state index contributed by atoms with van der Waals surface area (Å²) < 4.78 is 17.6. The van der Waals surface area contributed by atoms with Crippen LogP contribution in [-0.4, -0.2) is 5.97 Å². The minimum Gasteiger partial charge on any atom is -0.460 e. The van der Waals surface area contributed by atoms with Crippen molar-refractivity contribution in [2.75, 3.05) is 0 Å². The van der Waals surface area contributed by atoms with Crippen LogP contribution in [0.1, 0.15) is 26.3 Å². The molecule has 0 spiro atoms. The van der Waals surface area contributed by atoms with Gasteiger partial charge >= 0.3 is 5.97 Å². The quantitative estimate of drug-likeness (QED) is 0.613. The molecule has 0 aliphatic rings. The van der Waals surface area contributed by atoms with Crippen LogP contribution in [-0.2, 0) is 35.6 Å². The second-order valence-electron chi connectivity index (χ2n) is 4.45. The van der Waals surface area contributed by atoms with Gasteiger partial charge < -0.3 is 4.74 Å². The van der Waals surface area contributed by atoms with Gasteiger partial charge in [-0.3, -0.25) is 4.79 Å². The van der Waals surface area contributed by atoms with Crippen LogP contribution in [0.5, 0.6) is 0 Å². The van der Waals surface area contributed by atoms with Crippen molar-refractivity contribution in [3.8, 4) is 0 Å². The molecule has 16 heavy (non-hydrogen) atoms. The number of esters is 1. The SMILES string of the molecule is CC(C)(C)C(=O)OCc1ccc(F)cc1.[Zn]. The zero-order valence-corrected chi connectivity index (χ0v) is 12.9. The molecule has 0 saturated heterocycles. The Labute approximate surface area is 108 Å². The number of hydrogen-bond donors (Lipinski definition) is 0. The molecule has 0 aromatic heterocycles. The van der Waals surface area contributed by atoms with E-state index < -0.39 is 5.41 Å². The maximum Gasteiger partial charge on any atom is 0.311 e. The van der Waals surface area contributed by atoms with E-state index in [0.717, 1.165) is 5.56 Å². The summed E-state index contributed by atoms with van der Waals surface area (Å²) in [7, 11) is 0. The van der Waals surface area contributed by atoms with E-state index in [2.05, 4.69) is 0 Å². The molecule has 84 valence electrons. The van der Waals surface area contributed by atoms with Gasteiger partial charge in [0.2, 0.25) is 0 Å². The van der Waals surface area contributed by atoms with Crippen LogP contribution in [0.4, 0.5) is 4.39 Å². The van der Waals surface area contributed by atoms with Gasteiger partial charge in [-0.25, -0.2) is 4.39 Å². The number of halogens is 1. The summed E-state index contributed by atoms with van der Waals surface area (Å²) in [5.41, 5.74) is 0.286. The Balaban J connectivity index is 0.00000225. The fourth-order valence-electron chi connectivity index (χ4n) is 0.946. The Morgan fingerprint density at radius 3 is 2.19 bits per heavy atom. The molecule has 0 saturated carbocycles. The largest absolute Gasteiger partial charge is 0.460 e. The third-order valence-corrected chi connectivity index (χ3v) is 1.90. The summed E-state index contributed by atoms with van der Waals surface area (Å²) in [5, 5.41) is 0. The Morgan fingerprint density at radius 1 is 1.25 bits per heavy atom. The molecule has 1 rings (SSSR count). The number of hydrogen-bond acceptors (Lipinski definition) is 2. The molecule has 1 aromatic carbocycles. The molecule has 0 aliphatic heterocycles. The average molecular weight is 276 g/mol. The van der Waals surface area contributed by atoms with Gasteiger partial charge in [0, 0.05) is 19.5 Å². The van der Waals surface area contributed by atoms with Gasteiger partial charge in [-0.1, -0.05) is 12.1 Å². The van der Waals surface area contributed by atoms with Crippen LogP contribution in [0, 0.1) is 11.2 Å². The summed E-state index contributed by atoms with van der Waals surface area (Å²) >= 11 is 0. The summed E-state index contributed by atoms with van der Waals surface area (Å²) in [6, 6.07) is 5.90. The van der Waals surface area contributed by atoms with Crippen LogP contribution in [0.25, 0.3) is 0 Å². The number of benzene rings is 1. The van der Waals surface area contributed by atoms with Gasteiger partial charge in [0.15, 0.2) is 0 Å². The van der Waals surface area contributed by atoms with Gasteiger partial charge in [-0.05, 0) is 38.5 Å². The van der Waals surface area contributed by atoms with Crippen LogP contribution < -0.4 is 0 Å². The first-order valence-corrected chi connectivity index (χ1v) is 4.81. The normalized spacial score (nSPS) is 10.5. The van der Waals surface area contributed by atoms with E-state index in [4.69, 9.17) is 4.74 Å². The predicted molar refractivity (Wildman–Crippen MR) is 55.7 cm³/mol. The molecule has 0 bridgehead atoms. The number of ether oxygens (including phenoxy) is 1. The van der Waals surface area contributed by atoms with Crippen molar-refractivity contribution in [2.24, 2.45) is 5.41 Å². The first kappa shape index (κ1) is 15.2. The van der Waals surface area contributed by atoms with Crippen molar-refractivity contribution in [2.45, 2.75) is 27.4 Å². The van der Waals surface area contributed by atoms with Crippen LogP contribution in [0.3, 0.4) is 0 Å². The zero-order chi connectivity index (χ0) is 11.5. The van der Waals surface area contributed by atoms with Gasteiger partial charge in [-0.2, -0.15) is 0 Å².